The third-order valence-corrected chi connectivity index (χ3v) is 9.63. The normalized spacial score (nSPS) is 15.0. The second kappa shape index (κ2) is 9.05. The number of hydrogen-bond acceptors (Lipinski definition) is 3. The molecule has 3 heteroatoms. The quantitative estimate of drug-likeness (QED) is 0.218. The largest absolute Gasteiger partial charge is 0.208 e. The highest BCUT2D eigenvalue weighted by Gasteiger charge is 2.36. The standard InChI is InChI=1S/C40H33N3/c1-24-14-16-25(17-15-24)36-41-37(26-18-20-34-30(22-26)28-10-6-8-12-32(28)39(34,2)3)43-38(42-36)27-19-21-35-31(23-27)29-11-7-9-13-33(29)40(35,4)5/h6-23H,1-5H3. The van der Waals surface area contributed by atoms with Gasteiger partial charge in [-0.05, 0) is 63.6 Å². The molecule has 3 nitrogen and oxygen atoms in total. The molecule has 5 aromatic carbocycles. The molecular weight excluding hydrogens is 522 g/mol. The maximum atomic E-state index is 5.13. The molecule has 2 aliphatic carbocycles. The summed E-state index contributed by atoms with van der Waals surface area (Å²) in [7, 11) is 0. The summed E-state index contributed by atoms with van der Waals surface area (Å²) >= 11 is 0. The van der Waals surface area contributed by atoms with Crippen molar-refractivity contribution in [2.45, 2.75) is 45.4 Å². The van der Waals surface area contributed by atoms with Gasteiger partial charge in [-0.25, -0.2) is 15.0 Å². The van der Waals surface area contributed by atoms with Crippen molar-refractivity contribution in [1.82, 2.24) is 15.0 Å². The Bertz CT molecular complexity index is 1960. The van der Waals surface area contributed by atoms with Crippen LogP contribution in [0.15, 0.2) is 109 Å². The Morgan fingerprint density at radius 3 is 1.23 bits per heavy atom. The molecule has 0 spiro atoms. The van der Waals surface area contributed by atoms with Gasteiger partial charge in [-0.15, -0.1) is 0 Å². The minimum Gasteiger partial charge on any atom is -0.208 e. The third-order valence-electron chi connectivity index (χ3n) is 9.63. The summed E-state index contributed by atoms with van der Waals surface area (Å²) in [5.74, 6) is 2.06. The summed E-state index contributed by atoms with van der Waals surface area (Å²) in [6.45, 7) is 11.3. The Balaban J connectivity index is 1.32. The van der Waals surface area contributed by atoms with E-state index in [0.717, 1.165) is 16.7 Å². The van der Waals surface area contributed by atoms with Crippen molar-refractivity contribution in [3.05, 3.63) is 137 Å². The molecule has 0 amide bonds. The summed E-state index contributed by atoms with van der Waals surface area (Å²) in [6, 6.07) is 39.3. The molecule has 0 aliphatic heterocycles. The molecule has 0 radical (unpaired) electrons. The molecule has 0 unspecified atom stereocenters. The summed E-state index contributed by atoms with van der Waals surface area (Å²) in [5, 5.41) is 0. The smallest absolute Gasteiger partial charge is 0.164 e. The number of hydrogen-bond donors (Lipinski definition) is 0. The van der Waals surface area contributed by atoms with E-state index in [0.29, 0.717) is 17.5 Å². The van der Waals surface area contributed by atoms with Crippen LogP contribution in [-0.4, -0.2) is 15.0 Å². The number of aromatic nitrogens is 3. The molecule has 2 aliphatic rings. The van der Waals surface area contributed by atoms with Crippen LogP contribution in [0.3, 0.4) is 0 Å². The van der Waals surface area contributed by atoms with E-state index in [1.807, 2.05) is 0 Å². The molecule has 8 rings (SSSR count). The lowest BCUT2D eigenvalue weighted by molar-refractivity contribution is 0.660. The first-order valence-corrected chi connectivity index (χ1v) is 15.0. The van der Waals surface area contributed by atoms with Crippen LogP contribution in [0.25, 0.3) is 56.4 Å². The zero-order valence-corrected chi connectivity index (χ0v) is 25.2. The van der Waals surface area contributed by atoms with Gasteiger partial charge in [0.1, 0.15) is 0 Å². The SMILES string of the molecule is Cc1ccc(-c2nc(-c3ccc4c(c3)-c3ccccc3C4(C)C)nc(-c3ccc4c(c3)-c3ccccc3C4(C)C)n2)cc1. The Kier molecular flexibility index (Phi) is 5.43. The molecular formula is C40H33N3. The first-order valence-electron chi connectivity index (χ1n) is 15.0. The van der Waals surface area contributed by atoms with Crippen molar-refractivity contribution in [1.29, 1.82) is 0 Å². The minimum absolute atomic E-state index is 0.0454. The first kappa shape index (κ1) is 25.8. The predicted octanol–water partition coefficient (Wildman–Crippen LogP) is 9.79. The summed E-state index contributed by atoms with van der Waals surface area (Å²) in [6.07, 6.45) is 0. The van der Waals surface area contributed by atoms with Gasteiger partial charge in [-0.3, -0.25) is 0 Å². The molecule has 6 aromatic rings. The van der Waals surface area contributed by atoms with Crippen molar-refractivity contribution >= 4 is 0 Å². The second-order valence-electron chi connectivity index (χ2n) is 13.0. The molecule has 0 bridgehead atoms. The Labute approximate surface area is 253 Å². The van der Waals surface area contributed by atoms with Gasteiger partial charge in [-0.1, -0.05) is 130 Å². The molecule has 0 saturated carbocycles. The molecule has 0 fully saturated rings. The fraction of sp³-hybridized carbons (Fsp3) is 0.175. The van der Waals surface area contributed by atoms with Gasteiger partial charge in [0.2, 0.25) is 0 Å². The molecule has 0 saturated heterocycles. The van der Waals surface area contributed by atoms with E-state index in [1.165, 1.54) is 50.1 Å². The van der Waals surface area contributed by atoms with E-state index in [-0.39, 0.29) is 10.8 Å². The van der Waals surface area contributed by atoms with Crippen LogP contribution >= 0.6 is 0 Å². The van der Waals surface area contributed by atoms with Crippen molar-refractivity contribution in [3.63, 3.8) is 0 Å². The van der Waals surface area contributed by atoms with E-state index < -0.39 is 0 Å². The first-order chi connectivity index (χ1) is 20.7. The Morgan fingerprint density at radius 1 is 0.395 bits per heavy atom. The highest BCUT2D eigenvalue weighted by molar-refractivity contribution is 5.85. The fourth-order valence-corrected chi connectivity index (χ4v) is 7.18. The Hall–Kier alpha value is -4.89. The maximum Gasteiger partial charge on any atom is 0.164 e. The predicted molar refractivity (Wildman–Crippen MR) is 176 cm³/mol. The zero-order valence-electron chi connectivity index (χ0n) is 25.2. The molecule has 43 heavy (non-hydrogen) atoms. The summed E-state index contributed by atoms with van der Waals surface area (Å²) < 4.78 is 0. The number of nitrogens with zero attached hydrogens (tertiary/aromatic N) is 3. The fourth-order valence-electron chi connectivity index (χ4n) is 7.18. The summed E-state index contributed by atoms with van der Waals surface area (Å²) in [4.78, 5) is 15.2. The third kappa shape index (κ3) is 3.84. The van der Waals surface area contributed by atoms with Gasteiger partial charge >= 0.3 is 0 Å². The van der Waals surface area contributed by atoms with E-state index in [1.54, 1.807) is 0 Å². The number of rotatable bonds is 3. The molecule has 1 heterocycles. The zero-order chi connectivity index (χ0) is 29.5. The van der Waals surface area contributed by atoms with Crippen LogP contribution in [0.1, 0.15) is 55.5 Å². The Morgan fingerprint density at radius 2 is 0.767 bits per heavy atom. The topological polar surface area (TPSA) is 38.7 Å². The highest BCUT2D eigenvalue weighted by atomic mass is 15.0. The highest BCUT2D eigenvalue weighted by Crippen LogP contribution is 2.50. The van der Waals surface area contributed by atoms with E-state index in [4.69, 9.17) is 15.0 Å². The summed E-state index contributed by atoms with van der Waals surface area (Å²) in [5.41, 5.74) is 14.6. The van der Waals surface area contributed by atoms with Crippen LogP contribution in [0.5, 0.6) is 0 Å². The van der Waals surface area contributed by atoms with Gasteiger partial charge in [0.05, 0.1) is 0 Å². The van der Waals surface area contributed by atoms with Crippen LogP contribution in [0.2, 0.25) is 0 Å². The average Bonchev–Trinajstić information content (AvgIpc) is 3.40. The average molecular weight is 556 g/mol. The molecule has 0 atom stereocenters. The van der Waals surface area contributed by atoms with Gasteiger partial charge in [0.25, 0.3) is 0 Å². The molecule has 208 valence electrons. The van der Waals surface area contributed by atoms with Gasteiger partial charge in [0, 0.05) is 27.5 Å². The monoisotopic (exact) mass is 555 g/mol. The van der Waals surface area contributed by atoms with Gasteiger partial charge in [-0.2, -0.15) is 0 Å². The maximum absolute atomic E-state index is 5.13. The van der Waals surface area contributed by atoms with E-state index >= 15 is 0 Å². The minimum atomic E-state index is -0.0454. The van der Waals surface area contributed by atoms with Crippen LogP contribution in [0.4, 0.5) is 0 Å². The number of benzene rings is 5. The van der Waals surface area contributed by atoms with Crippen molar-refractivity contribution in [3.8, 4) is 56.4 Å². The number of aryl methyl sites for hydroxylation is 1. The van der Waals surface area contributed by atoms with Crippen molar-refractivity contribution in [2.24, 2.45) is 0 Å². The van der Waals surface area contributed by atoms with Crippen LogP contribution < -0.4 is 0 Å². The van der Waals surface area contributed by atoms with Crippen molar-refractivity contribution < 1.29 is 0 Å². The lowest BCUT2D eigenvalue weighted by Crippen LogP contribution is -2.14. The van der Waals surface area contributed by atoms with Crippen LogP contribution in [-0.2, 0) is 10.8 Å². The van der Waals surface area contributed by atoms with E-state index in [9.17, 15) is 0 Å². The number of fused-ring (bicyclic) bond motifs is 6. The lowest BCUT2D eigenvalue weighted by atomic mass is 9.82. The van der Waals surface area contributed by atoms with Gasteiger partial charge in [0.15, 0.2) is 17.5 Å². The molecule has 0 N–H and O–H groups in total. The lowest BCUT2D eigenvalue weighted by Gasteiger charge is -2.21. The van der Waals surface area contributed by atoms with Crippen LogP contribution in [0, 0.1) is 6.92 Å². The van der Waals surface area contributed by atoms with Gasteiger partial charge < -0.3 is 0 Å². The second-order valence-corrected chi connectivity index (χ2v) is 13.0. The van der Waals surface area contributed by atoms with E-state index in [2.05, 4.69) is 144 Å². The van der Waals surface area contributed by atoms with Crippen molar-refractivity contribution in [2.75, 3.05) is 0 Å². The molecule has 1 aromatic heterocycles.